The van der Waals surface area contributed by atoms with Gasteiger partial charge in [0.1, 0.15) is 5.82 Å². The van der Waals surface area contributed by atoms with Gasteiger partial charge in [-0.3, -0.25) is 9.69 Å². The number of piperazine rings is 1. The lowest BCUT2D eigenvalue weighted by Crippen LogP contribution is -2.52. The summed E-state index contributed by atoms with van der Waals surface area (Å²) in [5.41, 5.74) is 1.80. The van der Waals surface area contributed by atoms with E-state index >= 15 is 0 Å². The summed E-state index contributed by atoms with van der Waals surface area (Å²) in [6.45, 7) is 2.24. The van der Waals surface area contributed by atoms with Gasteiger partial charge < -0.3 is 4.90 Å². The number of carbonyl (C=O) groups is 1. The van der Waals surface area contributed by atoms with Crippen LogP contribution >= 0.6 is 0 Å². The number of rotatable bonds is 8. The third-order valence-corrected chi connectivity index (χ3v) is 7.45. The highest BCUT2D eigenvalue weighted by Gasteiger charge is 2.33. The van der Waals surface area contributed by atoms with Gasteiger partial charge in [0.2, 0.25) is 15.9 Å². The topological polar surface area (TPSA) is 60.9 Å². The minimum absolute atomic E-state index is 0.0101. The van der Waals surface area contributed by atoms with Crippen LogP contribution in [-0.2, 0) is 21.4 Å². The summed E-state index contributed by atoms with van der Waals surface area (Å²) in [4.78, 5) is 16.8. The van der Waals surface area contributed by atoms with E-state index in [1.165, 1.54) is 21.8 Å². The Morgan fingerprint density at radius 2 is 1.66 bits per heavy atom. The second-order valence-electron chi connectivity index (χ2n) is 8.30. The molecule has 2 fully saturated rings. The quantitative estimate of drug-likeness (QED) is 0.612. The maximum absolute atomic E-state index is 13.2. The average molecular weight is 458 g/mol. The fourth-order valence-electron chi connectivity index (χ4n) is 3.86. The SMILES string of the molecule is O=C(CN(Cc1ccc(F)cc1)C1CC1)N1CCN(S(=O)(=O)/C=C/c2ccccc2)CC1. The molecular weight excluding hydrogens is 429 g/mol. The smallest absolute Gasteiger partial charge is 0.236 e. The molecule has 6 nitrogen and oxygen atoms in total. The molecule has 0 unspecified atom stereocenters. The van der Waals surface area contributed by atoms with Crippen LogP contribution in [0.3, 0.4) is 0 Å². The third kappa shape index (κ3) is 6.03. The van der Waals surface area contributed by atoms with Crippen LogP contribution in [0.2, 0.25) is 0 Å². The molecule has 0 spiro atoms. The number of sulfonamides is 1. The summed E-state index contributed by atoms with van der Waals surface area (Å²) in [7, 11) is -3.53. The highest BCUT2D eigenvalue weighted by Crippen LogP contribution is 2.28. The zero-order valence-corrected chi connectivity index (χ0v) is 18.8. The van der Waals surface area contributed by atoms with E-state index in [-0.39, 0.29) is 24.8 Å². The van der Waals surface area contributed by atoms with Crippen LogP contribution < -0.4 is 0 Å². The Morgan fingerprint density at radius 1 is 1.00 bits per heavy atom. The second-order valence-corrected chi connectivity index (χ2v) is 10.1. The summed E-state index contributed by atoms with van der Waals surface area (Å²) >= 11 is 0. The van der Waals surface area contributed by atoms with Crippen LogP contribution in [0, 0.1) is 5.82 Å². The molecule has 1 saturated heterocycles. The first-order valence-corrected chi connectivity index (χ1v) is 12.4. The van der Waals surface area contributed by atoms with E-state index in [2.05, 4.69) is 4.90 Å². The van der Waals surface area contributed by atoms with Crippen molar-refractivity contribution in [3.05, 3.63) is 76.9 Å². The Morgan fingerprint density at radius 3 is 2.28 bits per heavy atom. The predicted molar refractivity (Wildman–Crippen MR) is 122 cm³/mol. The Labute approximate surface area is 189 Å². The summed E-state index contributed by atoms with van der Waals surface area (Å²) < 4.78 is 39.9. The molecule has 4 rings (SSSR count). The molecule has 1 amide bonds. The van der Waals surface area contributed by atoms with Crippen LogP contribution in [0.15, 0.2) is 60.0 Å². The van der Waals surface area contributed by atoms with Crippen molar-refractivity contribution in [3.8, 4) is 0 Å². The average Bonchev–Trinajstić information content (AvgIpc) is 3.65. The van der Waals surface area contributed by atoms with E-state index in [0.717, 1.165) is 24.0 Å². The van der Waals surface area contributed by atoms with Gasteiger partial charge in [-0.15, -0.1) is 0 Å². The van der Waals surface area contributed by atoms with Crippen LogP contribution in [0.1, 0.15) is 24.0 Å². The number of halogens is 1. The molecule has 1 heterocycles. The number of benzene rings is 2. The van der Waals surface area contributed by atoms with Crippen LogP contribution in [0.25, 0.3) is 6.08 Å². The summed E-state index contributed by atoms with van der Waals surface area (Å²) in [5.74, 6) is -0.259. The molecule has 0 N–H and O–H groups in total. The Bertz CT molecular complexity index is 1050. The third-order valence-electron chi connectivity index (χ3n) is 5.88. The van der Waals surface area contributed by atoms with Crippen LogP contribution in [0.4, 0.5) is 4.39 Å². The predicted octanol–water partition coefficient (Wildman–Crippen LogP) is 2.94. The largest absolute Gasteiger partial charge is 0.339 e. The minimum Gasteiger partial charge on any atom is -0.339 e. The van der Waals surface area contributed by atoms with Crippen molar-refractivity contribution in [2.24, 2.45) is 0 Å². The lowest BCUT2D eigenvalue weighted by Gasteiger charge is -2.34. The normalized spacial score (nSPS) is 17.9. The minimum atomic E-state index is -3.53. The van der Waals surface area contributed by atoms with Crippen molar-refractivity contribution in [1.29, 1.82) is 0 Å². The highest BCUT2D eigenvalue weighted by molar-refractivity contribution is 7.92. The molecule has 0 atom stereocenters. The van der Waals surface area contributed by atoms with Gasteiger partial charge in [-0.2, -0.15) is 4.31 Å². The van der Waals surface area contributed by atoms with Gasteiger partial charge in [0, 0.05) is 44.2 Å². The molecule has 32 heavy (non-hydrogen) atoms. The number of amides is 1. The number of nitrogens with zero attached hydrogens (tertiary/aromatic N) is 3. The Kier molecular flexibility index (Phi) is 7.03. The maximum Gasteiger partial charge on any atom is 0.236 e. The van der Waals surface area contributed by atoms with Crippen molar-refractivity contribution in [2.75, 3.05) is 32.7 Å². The van der Waals surface area contributed by atoms with Gasteiger partial charge in [0.15, 0.2) is 0 Å². The summed E-state index contributed by atoms with van der Waals surface area (Å²) in [6, 6.07) is 16.1. The molecule has 0 bridgehead atoms. The van der Waals surface area contributed by atoms with Gasteiger partial charge in [-0.05, 0) is 42.2 Å². The van der Waals surface area contributed by atoms with E-state index < -0.39 is 10.0 Å². The van der Waals surface area contributed by atoms with Gasteiger partial charge in [0.25, 0.3) is 0 Å². The molecule has 170 valence electrons. The molecular formula is C24H28FN3O3S. The number of carbonyl (C=O) groups excluding carboxylic acids is 1. The summed E-state index contributed by atoms with van der Waals surface area (Å²) in [6.07, 6.45) is 3.72. The van der Waals surface area contributed by atoms with Gasteiger partial charge in [-0.25, -0.2) is 12.8 Å². The molecule has 0 aromatic heterocycles. The highest BCUT2D eigenvalue weighted by atomic mass is 32.2. The van der Waals surface area contributed by atoms with Crippen molar-refractivity contribution in [1.82, 2.24) is 14.1 Å². The molecule has 1 aliphatic heterocycles. The summed E-state index contributed by atoms with van der Waals surface area (Å²) in [5, 5.41) is 1.23. The molecule has 2 aromatic rings. The second kappa shape index (κ2) is 9.94. The van der Waals surface area contributed by atoms with E-state index in [0.29, 0.717) is 32.2 Å². The molecule has 1 aliphatic carbocycles. The van der Waals surface area contributed by atoms with Crippen LogP contribution in [-0.4, -0.2) is 67.2 Å². The van der Waals surface area contributed by atoms with Crippen molar-refractivity contribution in [2.45, 2.75) is 25.4 Å². The lowest BCUT2D eigenvalue weighted by atomic mass is 10.2. The molecule has 8 heteroatoms. The van der Waals surface area contributed by atoms with Gasteiger partial charge in [0.05, 0.1) is 6.54 Å². The van der Waals surface area contributed by atoms with Crippen LogP contribution in [0.5, 0.6) is 0 Å². The molecule has 0 radical (unpaired) electrons. The molecule has 1 saturated carbocycles. The van der Waals surface area contributed by atoms with E-state index in [1.807, 2.05) is 30.3 Å². The number of hydrogen-bond acceptors (Lipinski definition) is 4. The van der Waals surface area contributed by atoms with Gasteiger partial charge >= 0.3 is 0 Å². The van der Waals surface area contributed by atoms with E-state index in [1.54, 1.807) is 23.1 Å². The van der Waals surface area contributed by atoms with Crippen molar-refractivity contribution in [3.63, 3.8) is 0 Å². The van der Waals surface area contributed by atoms with Crippen molar-refractivity contribution >= 4 is 22.0 Å². The zero-order chi connectivity index (χ0) is 22.6. The van der Waals surface area contributed by atoms with Crippen molar-refractivity contribution < 1.29 is 17.6 Å². The number of hydrogen-bond donors (Lipinski definition) is 0. The fraction of sp³-hybridized carbons (Fsp3) is 0.375. The first-order valence-electron chi connectivity index (χ1n) is 10.9. The zero-order valence-electron chi connectivity index (χ0n) is 17.9. The molecule has 2 aromatic carbocycles. The van der Waals surface area contributed by atoms with E-state index in [4.69, 9.17) is 0 Å². The first-order chi connectivity index (χ1) is 15.4. The van der Waals surface area contributed by atoms with E-state index in [9.17, 15) is 17.6 Å². The first kappa shape index (κ1) is 22.6. The Hall–Kier alpha value is -2.55. The fourth-order valence-corrected chi connectivity index (χ4v) is 5.03. The monoisotopic (exact) mass is 457 g/mol. The Balaban J connectivity index is 1.30. The standard InChI is InChI=1S/C24H28FN3O3S/c25-22-8-6-21(7-9-22)18-27(23-10-11-23)19-24(29)26-13-15-28(16-14-26)32(30,31)17-12-20-4-2-1-3-5-20/h1-9,12,17,23H,10-11,13-16,18-19H2/b17-12+. The maximum atomic E-state index is 13.2. The van der Waals surface area contributed by atoms with Gasteiger partial charge in [-0.1, -0.05) is 42.5 Å². The molecule has 2 aliphatic rings. The lowest BCUT2D eigenvalue weighted by molar-refractivity contribution is -0.133.